The van der Waals surface area contributed by atoms with E-state index in [-0.39, 0.29) is 28.9 Å². The number of cyclic esters (lactones) is 1. The normalized spacial score (nSPS) is 26.2. The fourth-order valence-electron chi connectivity index (χ4n) is 1.91. The fourth-order valence-corrected chi connectivity index (χ4v) is 3.02. The van der Waals surface area contributed by atoms with Gasteiger partial charge < -0.3 is 9.16 Å². The Morgan fingerprint density at radius 2 is 2.00 bits per heavy atom. The van der Waals surface area contributed by atoms with Crippen LogP contribution < -0.4 is 0 Å². The van der Waals surface area contributed by atoms with Crippen LogP contribution in [0.5, 0.6) is 0 Å². The summed E-state index contributed by atoms with van der Waals surface area (Å²) in [5.74, 6) is 0.246. The largest absolute Gasteiger partial charge is 0.458 e. The molecule has 0 spiro atoms. The van der Waals surface area contributed by atoms with E-state index in [9.17, 15) is 4.79 Å². The van der Waals surface area contributed by atoms with Gasteiger partial charge in [-0.15, -0.1) is 0 Å². The van der Waals surface area contributed by atoms with Crippen molar-refractivity contribution >= 4 is 14.3 Å². The lowest BCUT2D eigenvalue weighted by Gasteiger charge is -2.38. The summed E-state index contributed by atoms with van der Waals surface area (Å²) in [4.78, 5) is 11.3. The second-order valence-electron chi connectivity index (χ2n) is 7.17. The average molecular weight is 284 g/mol. The van der Waals surface area contributed by atoms with Crippen LogP contribution in [0.15, 0.2) is 12.2 Å². The Morgan fingerprint density at radius 3 is 2.53 bits per heavy atom. The Hall–Kier alpha value is -0.613. The van der Waals surface area contributed by atoms with Gasteiger partial charge in [-0.1, -0.05) is 40.7 Å². The molecule has 1 aliphatic rings. The maximum Gasteiger partial charge on any atom is 0.330 e. The van der Waals surface area contributed by atoms with E-state index in [4.69, 9.17) is 9.16 Å². The highest BCUT2D eigenvalue weighted by Crippen LogP contribution is 2.37. The Bertz CT molecular complexity index is 355. The highest BCUT2D eigenvalue weighted by Gasteiger charge is 2.38. The molecule has 4 heteroatoms. The van der Waals surface area contributed by atoms with E-state index < -0.39 is 8.32 Å². The zero-order valence-electron chi connectivity index (χ0n) is 13.3. The van der Waals surface area contributed by atoms with Gasteiger partial charge in [-0.2, -0.15) is 0 Å². The third kappa shape index (κ3) is 4.18. The zero-order chi connectivity index (χ0) is 14.8. The molecule has 3 nitrogen and oxygen atoms in total. The van der Waals surface area contributed by atoms with Crippen LogP contribution in [0.3, 0.4) is 0 Å². The van der Waals surface area contributed by atoms with E-state index in [1.54, 1.807) is 0 Å². The standard InChI is InChI=1S/C15H28O3Si/c1-11-8-9-13(16)18-14(11)12(2)10-17-19(6,7)15(3,4)5/h8-9,11-12,14H,10H2,1-7H3/t11-,12-,14+/m0/s1. The van der Waals surface area contributed by atoms with Crippen LogP contribution in [0, 0.1) is 11.8 Å². The number of hydrogen-bond acceptors (Lipinski definition) is 3. The van der Waals surface area contributed by atoms with Gasteiger partial charge in [0.25, 0.3) is 0 Å². The van der Waals surface area contributed by atoms with Crippen LogP contribution in [0.1, 0.15) is 34.6 Å². The zero-order valence-corrected chi connectivity index (χ0v) is 14.3. The third-order valence-corrected chi connectivity index (χ3v) is 8.88. The van der Waals surface area contributed by atoms with Crippen molar-refractivity contribution in [2.45, 2.75) is 58.9 Å². The molecule has 110 valence electrons. The summed E-state index contributed by atoms with van der Waals surface area (Å²) in [5.41, 5.74) is 0. The second-order valence-corrected chi connectivity index (χ2v) is 12.0. The van der Waals surface area contributed by atoms with Crippen molar-refractivity contribution in [3.63, 3.8) is 0 Å². The lowest BCUT2D eigenvalue weighted by atomic mass is 9.92. The van der Waals surface area contributed by atoms with Gasteiger partial charge in [0.2, 0.25) is 0 Å². The maximum absolute atomic E-state index is 11.3. The van der Waals surface area contributed by atoms with Crippen molar-refractivity contribution < 1.29 is 14.0 Å². The van der Waals surface area contributed by atoms with Gasteiger partial charge in [0.1, 0.15) is 6.10 Å². The quantitative estimate of drug-likeness (QED) is 0.582. The SMILES string of the molecule is C[C@H]1C=CC(=O)O[C@H]1[C@@H](C)CO[Si](C)(C)C(C)(C)C. The van der Waals surface area contributed by atoms with Gasteiger partial charge in [0.05, 0.1) is 0 Å². The molecule has 0 fully saturated rings. The average Bonchev–Trinajstić information content (AvgIpc) is 2.28. The molecule has 0 unspecified atom stereocenters. The van der Waals surface area contributed by atoms with Gasteiger partial charge in [-0.3, -0.25) is 0 Å². The minimum absolute atomic E-state index is 0.0673. The fraction of sp³-hybridized carbons (Fsp3) is 0.800. The molecule has 0 bridgehead atoms. The van der Waals surface area contributed by atoms with E-state index in [1.807, 2.05) is 6.08 Å². The van der Waals surface area contributed by atoms with Crippen LogP contribution in [0.25, 0.3) is 0 Å². The predicted octanol–water partition coefficient (Wildman–Crippen LogP) is 3.76. The van der Waals surface area contributed by atoms with Crippen molar-refractivity contribution in [2.24, 2.45) is 11.8 Å². The summed E-state index contributed by atoms with van der Waals surface area (Å²) in [6, 6.07) is 0. The molecule has 1 heterocycles. The summed E-state index contributed by atoms with van der Waals surface area (Å²) in [5, 5.41) is 0.210. The molecule has 19 heavy (non-hydrogen) atoms. The first-order chi connectivity index (χ1) is 8.54. The molecule has 0 aromatic carbocycles. The van der Waals surface area contributed by atoms with Gasteiger partial charge in [0.15, 0.2) is 8.32 Å². The van der Waals surface area contributed by atoms with Crippen molar-refractivity contribution in [3.05, 3.63) is 12.2 Å². The third-order valence-electron chi connectivity index (χ3n) is 4.38. The minimum Gasteiger partial charge on any atom is -0.458 e. The van der Waals surface area contributed by atoms with Gasteiger partial charge >= 0.3 is 5.97 Å². The van der Waals surface area contributed by atoms with Crippen molar-refractivity contribution in [2.75, 3.05) is 6.61 Å². The smallest absolute Gasteiger partial charge is 0.330 e. The Morgan fingerprint density at radius 1 is 1.42 bits per heavy atom. The monoisotopic (exact) mass is 284 g/mol. The first-order valence-electron chi connectivity index (χ1n) is 7.07. The maximum atomic E-state index is 11.3. The molecule has 0 saturated heterocycles. The summed E-state index contributed by atoms with van der Waals surface area (Å²) in [7, 11) is -1.73. The van der Waals surface area contributed by atoms with E-state index >= 15 is 0 Å². The predicted molar refractivity (Wildman–Crippen MR) is 80.5 cm³/mol. The minimum atomic E-state index is -1.73. The number of carbonyl (C=O) groups excluding carboxylic acids is 1. The molecule has 0 aromatic rings. The number of esters is 1. The molecule has 0 radical (unpaired) electrons. The molecule has 0 amide bonds. The van der Waals surface area contributed by atoms with Crippen LogP contribution in [0.4, 0.5) is 0 Å². The van der Waals surface area contributed by atoms with Crippen LogP contribution in [-0.2, 0) is 14.0 Å². The first kappa shape index (κ1) is 16.4. The molecular formula is C15H28O3Si. The number of rotatable bonds is 4. The number of hydrogen-bond donors (Lipinski definition) is 0. The second kappa shape index (κ2) is 5.79. The lowest BCUT2D eigenvalue weighted by molar-refractivity contribution is -0.150. The summed E-state index contributed by atoms with van der Waals surface area (Å²) in [6.45, 7) is 16.0. The Kier molecular flexibility index (Phi) is 5.01. The molecule has 0 aromatic heterocycles. The Balaban J connectivity index is 2.59. The molecule has 3 atom stereocenters. The molecule has 1 aliphatic heterocycles. The van der Waals surface area contributed by atoms with E-state index in [2.05, 4.69) is 47.7 Å². The van der Waals surface area contributed by atoms with Crippen molar-refractivity contribution in [1.29, 1.82) is 0 Å². The number of carbonyl (C=O) groups is 1. The summed E-state index contributed by atoms with van der Waals surface area (Å²) >= 11 is 0. The van der Waals surface area contributed by atoms with Crippen molar-refractivity contribution in [1.82, 2.24) is 0 Å². The highest BCUT2D eigenvalue weighted by atomic mass is 28.4. The van der Waals surface area contributed by atoms with Crippen molar-refractivity contribution in [3.8, 4) is 0 Å². The molecule has 0 aliphatic carbocycles. The van der Waals surface area contributed by atoms with E-state index in [0.717, 1.165) is 0 Å². The summed E-state index contributed by atoms with van der Waals surface area (Å²) < 4.78 is 11.6. The lowest BCUT2D eigenvalue weighted by Crippen LogP contribution is -2.44. The van der Waals surface area contributed by atoms with Crippen LogP contribution in [0.2, 0.25) is 18.1 Å². The molecule has 0 saturated carbocycles. The van der Waals surface area contributed by atoms with Gasteiger partial charge in [0, 0.05) is 24.5 Å². The summed E-state index contributed by atoms with van der Waals surface area (Å²) in [6.07, 6.45) is 3.38. The number of ether oxygens (including phenoxy) is 1. The molecule has 0 N–H and O–H groups in total. The first-order valence-corrected chi connectivity index (χ1v) is 9.98. The van der Waals surface area contributed by atoms with Gasteiger partial charge in [-0.05, 0) is 18.1 Å². The van der Waals surface area contributed by atoms with E-state index in [0.29, 0.717) is 6.61 Å². The Labute approximate surface area is 118 Å². The molecule has 1 rings (SSSR count). The van der Waals surface area contributed by atoms with E-state index in [1.165, 1.54) is 6.08 Å². The van der Waals surface area contributed by atoms with Crippen LogP contribution >= 0.6 is 0 Å². The molecular weight excluding hydrogens is 256 g/mol. The van der Waals surface area contributed by atoms with Crippen LogP contribution in [-0.4, -0.2) is 27.0 Å². The highest BCUT2D eigenvalue weighted by molar-refractivity contribution is 6.74. The topological polar surface area (TPSA) is 35.5 Å². The van der Waals surface area contributed by atoms with Gasteiger partial charge in [-0.25, -0.2) is 4.79 Å².